The summed E-state index contributed by atoms with van der Waals surface area (Å²) in [6, 6.07) is 0. The molecule has 2 rings (SSSR count). The molecule has 0 aromatic rings. The predicted molar refractivity (Wildman–Crippen MR) is 76.7 cm³/mol. The number of likely N-dealkylation sites (tertiary alicyclic amines) is 1. The number of carbonyl (C=O) groups is 1. The number of amides is 1. The van der Waals surface area contributed by atoms with E-state index in [4.69, 9.17) is 5.11 Å². The van der Waals surface area contributed by atoms with Gasteiger partial charge in [0.2, 0.25) is 5.91 Å². The highest BCUT2D eigenvalue weighted by Crippen LogP contribution is 2.35. The average Bonchev–Trinajstić information content (AvgIpc) is 2.57. The van der Waals surface area contributed by atoms with Crippen LogP contribution in [-0.2, 0) is 4.79 Å². The van der Waals surface area contributed by atoms with Crippen molar-refractivity contribution in [2.45, 2.75) is 51.9 Å². The molecule has 1 N–H and O–H groups in total. The molecule has 1 amide bonds. The zero-order valence-electron chi connectivity index (χ0n) is 12.1. The van der Waals surface area contributed by atoms with E-state index < -0.39 is 0 Å². The molecule has 0 radical (unpaired) electrons. The number of fused-ring (bicyclic) bond motifs is 1. The van der Waals surface area contributed by atoms with Gasteiger partial charge in [-0.2, -0.15) is 0 Å². The van der Waals surface area contributed by atoms with E-state index in [-0.39, 0.29) is 6.61 Å². The van der Waals surface area contributed by atoms with Gasteiger partial charge < -0.3 is 10.0 Å². The molecule has 1 saturated heterocycles. The van der Waals surface area contributed by atoms with Crippen LogP contribution in [-0.4, -0.2) is 35.6 Å². The summed E-state index contributed by atoms with van der Waals surface area (Å²) in [7, 11) is 0. The summed E-state index contributed by atoms with van der Waals surface area (Å²) in [6.07, 6.45) is 9.45. The Morgan fingerprint density at radius 1 is 1.37 bits per heavy atom. The first-order valence-electron chi connectivity index (χ1n) is 7.82. The van der Waals surface area contributed by atoms with Gasteiger partial charge in [0, 0.05) is 26.1 Å². The molecule has 0 aromatic carbocycles. The number of hydrogen-bond donors (Lipinski definition) is 1. The second-order valence-electron chi connectivity index (χ2n) is 5.99. The van der Waals surface area contributed by atoms with Crippen molar-refractivity contribution in [3.8, 4) is 0 Å². The van der Waals surface area contributed by atoms with Crippen molar-refractivity contribution in [1.82, 2.24) is 4.90 Å². The van der Waals surface area contributed by atoms with Crippen LogP contribution in [0, 0.1) is 11.8 Å². The van der Waals surface area contributed by atoms with E-state index >= 15 is 0 Å². The van der Waals surface area contributed by atoms with Crippen molar-refractivity contribution in [2.75, 3.05) is 19.7 Å². The number of carbonyl (C=O) groups excluding carboxylic acids is 1. The van der Waals surface area contributed by atoms with Gasteiger partial charge in [0.05, 0.1) is 0 Å². The molecular formula is C16H27NO2. The fraction of sp³-hybridized carbons (Fsp3) is 0.812. The number of aliphatic hydroxyl groups is 1. The van der Waals surface area contributed by atoms with Crippen LogP contribution in [0.15, 0.2) is 11.6 Å². The van der Waals surface area contributed by atoms with Crippen molar-refractivity contribution in [2.24, 2.45) is 11.8 Å². The first-order chi connectivity index (χ1) is 9.24. The lowest BCUT2D eigenvalue weighted by atomic mass is 9.78. The zero-order chi connectivity index (χ0) is 13.7. The third-order valence-electron chi connectivity index (χ3n) is 4.61. The molecule has 1 aliphatic heterocycles. The fourth-order valence-corrected chi connectivity index (χ4v) is 3.40. The van der Waals surface area contributed by atoms with Crippen LogP contribution >= 0.6 is 0 Å². The molecule has 2 atom stereocenters. The molecule has 19 heavy (non-hydrogen) atoms. The van der Waals surface area contributed by atoms with Gasteiger partial charge in [-0.25, -0.2) is 0 Å². The van der Waals surface area contributed by atoms with Crippen LogP contribution in [0.2, 0.25) is 0 Å². The van der Waals surface area contributed by atoms with Gasteiger partial charge in [-0.1, -0.05) is 25.0 Å². The van der Waals surface area contributed by atoms with E-state index in [9.17, 15) is 4.79 Å². The van der Waals surface area contributed by atoms with Gasteiger partial charge in [0.15, 0.2) is 0 Å². The quantitative estimate of drug-likeness (QED) is 0.777. The first kappa shape index (κ1) is 14.6. The van der Waals surface area contributed by atoms with Crippen LogP contribution < -0.4 is 0 Å². The molecule has 1 fully saturated rings. The van der Waals surface area contributed by atoms with E-state index in [0.29, 0.717) is 24.2 Å². The Morgan fingerprint density at radius 2 is 2.21 bits per heavy atom. The standard InChI is InChI=1S/C16H27NO2/c1-2-3-9-17-12-15-5-4-13(8-10-18)11-14(15)6-7-16(17)19/h11,14-15,18H,2-10,12H2,1H3. The van der Waals surface area contributed by atoms with Crippen LogP contribution in [0.4, 0.5) is 0 Å². The van der Waals surface area contributed by atoms with Gasteiger partial charge in [-0.15, -0.1) is 0 Å². The molecule has 1 heterocycles. The monoisotopic (exact) mass is 265 g/mol. The molecule has 2 unspecified atom stereocenters. The normalized spacial score (nSPS) is 27.8. The predicted octanol–water partition coefficient (Wildman–Crippen LogP) is 2.74. The maximum atomic E-state index is 12.1. The Bertz CT molecular complexity index is 338. The third-order valence-corrected chi connectivity index (χ3v) is 4.61. The number of rotatable bonds is 5. The second-order valence-corrected chi connectivity index (χ2v) is 5.99. The molecule has 0 saturated carbocycles. The van der Waals surface area contributed by atoms with E-state index in [0.717, 1.165) is 45.2 Å². The maximum Gasteiger partial charge on any atom is 0.222 e. The number of nitrogens with zero attached hydrogens (tertiary/aromatic N) is 1. The Hall–Kier alpha value is -0.830. The molecule has 0 aromatic heterocycles. The third kappa shape index (κ3) is 3.82. The highest BCUT2D eigenvalue weighted by atomic mass is 16.3. The van der Waals surface area contributed by atoms with E-state index in [1.165, 1.54) is 12.0 Å². The molecule has 0 spiro atoms. The summed E-state index contributed by atoms with van der Waals surface area (Å²) < 4.78 is 0. The molecule has 0 bridgehead atoms. The zero-order valence-corrected chi connectivity index (χ0v) is 12.1. The Morgan fingerprint density at radius 3 is 2.95 bits per heavy atom. The molecule has 3 heteroatoms. The van der Waals surface area contributed by atoms with Crippen molar-refractivity contribution < 1.29 is 9.90 Å². The fourth-order valence-electron chi connectivity index (χ4n) is 3.40. The lowest BCUT2D eigenvalue weighted by molar-refractivity contribution is -0.131. The smallest absolute Gasteiger partial charge is 0.222 e. The molecule has 2 aliphatic rings. The highest BCUT2D eigenvalue weighted by Gasteiger charge is 2.31. The van der Waals surface area contributed by atoms with Crippen LogP contribution in [0.5, 0.6) is 0 Å². The summed E-state index contributed by atoms with van der Waals surface area (Å²) in [6.45, 7) is 4.32. The maximum absolute atomic E-state index is 12.1. The number of unbranched alkanes of at least 4 members (excludes halogenated alkanes) is 1. The van der Waals surface area contributed by atoms with Gasteiger partial charge in [0.1, 0.15) is 0 Å². The number of aliphatic hydroxyl groups excluding tert-OH is 1. The lowest BCUT2D eigenvalue weighted by Crippen LogP contribution is -2.35. The second kappa shape index (κ2) is 7.09. The minimum atomic E-state index is 0.255. The summed E-state index contributed by atoms with van der Waals surface area (Å²) >= 11 is 0. The molecule has 1 aliphatic carbocycles. The molecular weight excluding hydrogens is 238 g/mol. The van der Waals surface area contributed by atoms with Gasteiger partial charge in [-0.3, -0.25) is 4.79 Å². The van der Waals surface area contributed by atoms with Crippen molar-refractivity contribution in [3.63, 3.8) is 0 Å². The Kier molecular flexibility index (Phi) is 5.44. The Balaban J connectivity index is 2.00. The minimum absolute atomic E-state index is 0.255. The lowest BCUT2D eigenvalue weighted by Gasteiger charge is -2.31. The topological polar surface area (TPSA) is 40.5 Å². The highest BCUT2D eigenvalue weighted by molar-refractivity contribution is 5.76. The molecule has 108 valence electrons. The largest absolute Gasteiger partial charge is 0.396 e. The van der Waals surface area contributed by atoms with Crippen LogP contribution in [0.25, 0.3) is 0 Å². The van der Waals surface area contributed by atoms with Crippen molar-refractivity contribution in [1.29, 1.82) is 0 Å². The van der Waals surface area contributed by atoms with Crippen molar-refractivity contribution in [3.05, 3.63) is 11.6 Å². The summed E-state index contributed by atoms with van der Waals surface area (Å²) in [5, 5.41) is 9.05. The van der Waals surface area contributed by atoms with Crippen molar-refractivity contribution >= 4 is 5.91 Å². The summed E-state index contributed by atoms with van der Waals surface area (Å²) in [5.74, 6) is 1.55. The van der Waals surface area contributed by atoms with Crippen LogP contribution in [0.1, 0.15) is 51.9 Å². The van der Waals surface area contributed by atoms with Gasteiger partial charge in [0.25, 0.3) is 0 Å². The van der Waals surface area contributed by atoms with E-state index in [1.807, 2.05) is 0 Å². The van der Waals surface area contributed by atoms with E-state index in [2.05, 4.69) is 17.9 Å². The SMILES string of the molecule is CCCCN1CC2CCC(CCO)=CC2CCC1=O. The number of hydrogen-bond acceptors (Lipinski definition) is 2. The minimum Gasteiger partial charge on any atom is -0.396 e. The summed E-state index contributed by atoms with van der Waals surface area (Å²) in [4.78, 5) is 14.2. The summed E-state index contributed by atoms with van der Waals surface area (Å²) in [5.41, 5.74) is 1.40. The van der Waals surface area contributed by atoms with Gasteiger partial charge >= 0.3 is 0 Å². The van der Waals surface area contributed by atoms with Crippen LogP contribution in [0.3, 0.4) is 0 Å². The average molecular weight is 265 g/mol. The van der Waals surface area contributed by atoms with E-state index in [1.54, 1.807) is 0 Å². The molecule has 3 nitrogen and oxygen atoms in total. The van der Waals surface area contributed by atoms with Gasteiger partial charge in [-0.05, 0) is 43.9 Å². The first-order valence-corrected chi connectivity index (χ1v) is 7.82. The number of allylic oxidation sites excluding steroid dienone is 1. The Labute approximate surface area is 116 Å².